The van der Waals surface area contributed by atoms with Crippen LogP contribution in [0.2, 0.25) is 0 Å². The molecule has 0 saturated carbocycles. The first-order valence-corrected chi connectivity index (χ1v) is 14.5. The molecule has 0 spiro atoms. The Balaban J connectivity index is 2.39. The summed E-state index contributed by atoms with van der Waals surface area (Å²) in [6.45, 7) is 8.65. The minimum atomic E-state index is -1.27. The zero-order valence-corrected chi connectivity index (χ0v) is 25.4. The Hall–Kier alpha value is -4.42. The largest absolute Gasteiger partial charge is 0.481 e. The summed E-state index contributed by atoms with van der Waals surface area (Å²) in [5, 5.41) is 20.5. The maximum Gasteiger partial charge on any atom is 0.303 e. The summed E-state index contributed by atoms with van der Waals surface area (Å²) in [6, 6.07) is 3.01. The van der Waals surface area contributed by atoms with Crippen molar-refractivity contribution in [2.75, 3.05) is 0 Å². The van der Waals surface area contributed by atoms with E-state index in [2.05, 4.69) is 26.3 Å². The number of primary amides is 1. The van der Waals surface area contributed by atoms with Crippen molar-refractivity contribution in [3.63, 3.8) is 0 Å². The first-order chi connectivity index (χ1) is 20.3. The third-order valence-corrected chi connectivity index (χ3v) is 7.69. The zero-order valence-electron chi connectivity index (χ0n) is 25.4. The highest BCUT2D eigenvalue weighted by Crippen LogP contribution is 2.20. The maximum atomic E-state index is 13.7. The lowest BCUT2D eigenvalue weighted by Gasteiger charge is -2.30. The Bertz CT molecular complexity index is 1310. The molecule has 0 saturated heterocycles. The number of benzene rings is 1. The van der Waals surface area contributed by atoms with E-state index in [4.69, 9.17) is 10.8 Å². The van der Waals surface area contributed by atoms with Gasteiger partial charge in [0.25, 0.3) is 0 Å². The van der Waals surface area contributed by atoms with Crippen molar-refractivity contribution < 1.29 is 33.9 Å². The number of carbonyl (C=O) groups is 6. The van der Waals surface area contributed by atoms with Gasteiger partial charge in [0.1, 0.15) is 24.2 Å². The fraction of sp³-hybridized carbons (Fsp3) is 0.533. The van der Waals surface area contributed by atoms with E-state index in [1.807, 2.05) is 45.0 Å². The minimum Gasteiger partial charge on any atom is -0.481 e. The number of para-hydroxylation sites is 1. The molecule has 2 rings (SSSR count). The molecule has 8 N–H and O–H groups in total. The van der Waals surface area contributed by atoms with Crippen LogP contribution >= 0.6 is 0 Å². The Morgan fingerprint density at radius 1 is 0.837 bits per heavy atom. The van der Waals surface area contributed by atoms with Crippen molar-refractivity contribution >= 4 is 46.4 Å². The molecule has 0 aliphatic rings. The van der Waals surface area contributed by atoms with Crippen LogP contribution in [-0.2, 0) is 35.2 Å². The van der Waals surface area contributed by atoms with E-state index in [9.17, 15) is 28.8 Å². The molecule has 236 valence electrons. The highest BCUT2D eigenvalue weighted by atomic mass is 16.4. The number of carboxylic acid groups (broad SMARTS) is 1. The Morgan fingerprint density at radius 2 is 1.40 bits per heavy atom. The van der Waals surface area contributed by atoms with Gasteiger partial charge in [-0.15, -0.1) is 0 Å². The molecule has 0 bridgehead atoms. The lowest BCUT2D eigenvalue weighted by molar-refractivity contribution is -0.138. The predicted molar refractivity (Wildman–Crippen MR) is 160 cm³/mol. The number of nitrogens with one attached hydrogen (secondary N) is 5. The van der Waals surface area contributed by atoms with Crippen LogP contribution in [0.25, 0.3) is 10.9 Å². The second-order valence-electron chi connectivity index (χ2n) is 11.0. The van der Waals surface area contributed by atoms with Crippen molar-refractivity contribution in [3.05, 3.63) is 36.0 Å². The number of rotatable bonds is 17. The van der Waals surface area contributed by atoms with Gasteiger partial charge in [-0.3, -0.25) is 28.8 Å². The van der Waals surface area contributed by atoms with Crippen LogP contribution in [0.1, 0.15) is 65.9 Å². The number of nitrogens with two attached hydrogens (primary N) is 1. The molecule has 0 unspecified atom stereocenters. The SMILES string of the molecule is CC[C@H](C)[C@H](NC(C)=O)C(=O)N[C@H](C(=O)N[C@@H](Cc1c[nH]c2ccccc12)C(=O)N[C@@H](CCC(=O)O)C(N)=O)[C@@H](C)CC. The average molecular weight is 601 g/mol. The van der Waals surface area contributed by atoms with Crippen LogP contribution in [-0.4, -0.2) is 69.8 Å². The number of carbonyl (C=O) groups excluding carboxylic acids is 5. The average Bonchev–Trinajstić information content (AvgIpc) is 3.37. The Labute approximate surface area is 251 Å². The number of carboxylic acids is 1. The molecular formula is C30H44N6O7. The first kappa shape index (κ1) is 34.8. The van der Waals surface area contributed by atoms with Gasteiger partial charge < -0.3 is 37.1 Å². The number of hydrogen-bond donors (Lipinski definition) is 7. The fourth-order valence-corrected chi connectivity index (χ4v) is 4.68. The molecule has 6 atom stereocenters. The van der Waals surface area contributed by atoms with Crippen molar-refractivity contribution in [3.8, 4) is 0 Å². The van der Waals surface area contributed by atoms with E-state index >= 15 is 0 Å². The molecule has 0 radical (unpaired) electrons. The van der Waals surface area contributed by atoms with Gasteiger partial charge in [-0.05, 0) is 29.9 Å². The van der Waals surface area contributed by atoms with Gasteiger partial charge in [-0.2, -0.15) is 0 Å². The molecule has 13 heteroatoms. The van der Waals surface area contributed by atoms with Crippen molar-refractivity contribution in [1.29, 1.82) is 0 Å². The zero-order chi connectivity index (χ0) is 32.3. The van der Waals surface area contributed by atoms with Crippen molar-refractivity contribution in [2.24, 2.45) is 17.6 Å². The third-order valence-electron chi connectivity index (χ3n) is 7.69. The normalized spacial score (nSPS) is 15.3. The van der Waals surface area contributed by atoms with E-state index in [1.54, 1.807) is 13.1 Å². The summed E-state index contributed by atoms with van der Waals surface area (Å²) < 4.78 is 0. The minimum absolute atomic E-state index is 0.0224. The first-order valence-electron chi connectivity index (χ1n) is 14.5. The molecule has 2 aromatic rings. The molecule has 13 nitrogen and oxygen atoms in total. The highest BCUT2D eigenvalue weighted by Gasteiger charge is 2.34. The van der Waals surface area contributed by atoms with E-state index in [-0.39, 0.29) is 30.6 Å². The molecule has 0 aliphatic heterocycles. The molecule has 43 heavy (non-hydrogen) atoms. The molecule has 0 fully saturated rings. The van der Waals surface area contributed by atoms with Crippen LogP contribution in [0.3, 0.4) is 0 Å². The molecule has 1 aromatic carbocycles. The van der Waals surface area contributed by atoms with Gasteiger partial charge in [0.15, 0.2) is 0 Å². The van der Waals surface area contributed by atoms with Crippen LogP contribution in [0.15, 0.2) is 30.5 Å². The number of H-pyrrole nitrogens is 1. The highest BCUT2D eigenvalue weighted by molar-refractivity contribution is 5.96. The van der Waals surface area contributed by atoms with Crippen LogP contribution < -0.4 is 27.0 Å². The van der Waals surface area contributed by atoms with Crippen molar-refractivity contribution in [2.45, 2.75) is 90.9 Å². The monoisotopic (exact) mass is 600 g/mol. The third kappa shape index (κ3) is 10.1. The van der Waals surface area contributed by atoms with Gasteiger partial charge in [0, 0.05) is 36.9 Å². The predicted octanol–water partition coefficient (Wildman–Crippen LogP) is 1.11. The van der Waals surface area contributed by atoms with Crippen LogP contribution in [0, 0.1) is 11.8 Å². The van der Waals surface area contributed by atoms with Crippen LogP contribution in [0.4, 0.5) is 0 Å². The lowest BCUT2D eigenvalue weighted by Crippen LogP contribution is -2.60. The number of hydrogen-bond acceptors (Lipinski definition) is 6. The van der Waals surface area contributed by atoms with Crippen molar-refractivity contribution in [1.82, 2.24) is 26.3 Å². The number of aromatic nitrogens is 1. The van der Waals surface area contributed by atoms with Gasteiger partial charge in [-0.1, -0.05) is 58.7 Å². The Kier molecular flexibility index (Phi) is 13.2. The lowest BCUT2D eigenvalue weighted by atomic mass is 9.94. The maximum absolute atomic E-state index is 13.7. The molecule has 1 aromatic heterocycles. The number of amides is 5. The molecule has 0 aliphatic carbocycles. The summed E-state index contributed by atoms with van der Waals surface area (Å²) in [5.74, 6) is -4.90. The summed E-state index contributed by atoms with van der Waals surface area (Å²) in [7, 11) is 0. The van der Waals surface area contributed by atoms with Gasteiger partial charge >= 0.3 is 5.97 Å². The van der Waals surface area contributed by atoms with E-state index in [0.29, 0.717) is 18.4 Å². The topological polar surface area (TPSA) is 213 Å². The smallest absolute Gasteiger partial charge is 0.303 e. The summed E-state index contributed by atoms with van der Waals surface area (Å²) in [5.41, 5.74) is 6.96. The molecule has 1 heterocycles. The van der Waals surface area contributed by atoms with Gasteiger partial charge in [0.2, 0.25) is 29.5 Å². The number of fused-ring (bicyclic) bond motifs is 1. The second kappa shape index (κ2) is 16.3. The quantitative estimate of drug-likeness (QED) is 0.140. The summed E-state index contributed by atoms with van der Waals surface area (Å²) >= 11 is 0. The van der Waals surface area contributed by atoms with Gasteiger partial charge in [-0.25, -0.2) is 0 Å². The van der Waals surface area contributed by atoms with Crippen LogP contribution in [0.5, 0.6) is 0 Å². The number of aromatic amines is 1. The van der Waals surface area contributed by atoms with E-state index in [0.717, 1.165) is 10.9 Å². The van der Waals surface area contributed by atoms with E-state index in [1.165, 1.54) is 6.92 Å². The summed E-state index contributed by atoms with van der Waals surface area (Å²) in [4.78, 5) is 78.5. The second-order valence-corrected chi connectivity index (χ2v) is 11.0. The fourth-order valence-electron chi connectivity index (χ4n) is 4.68. The molecular weight excluding hydrogens is 556 g/mol. The van der Waals surface area contributed by atoms with Gasteiger partial charge in [0.05, 0.1) is 0 Å². The molecule has 5 amide bonds. The standard InChI is InChI=1S/C30H44N6O7/c1-6-16(3)25(33-18(5)37)30(43)36-26(17(4)7-2)29(42)35-23(14-19-15-32-21-11-9-8-10-20(19)21)28(41)34-22(27(31)40)12-13-24(38)39/h8-11,15-17,22-23,25-26,32H,6-7,12-14H2,1-5H3,(H2,31,40)(H,33,37)(H,34,41)(H,35,42)(H,36,43)(H,38,39)/t16-,17-,22-,23-,25-,26-/m0/s1. The van der Waals surface area contributed by atoms with E-state index < -0.39 is 60.2 Å². The number of aliphatic carboxylic acids is 1. The Morgan fingerprint density at radius 3 is 1.95 bits per heavy atom. The summed E-state index contributed by atoms with van der Waals surface area (Å²) in [6.07, 6.45) is 2.23.